The van der Waals surface area contributed by atoms with Gasteiger partial charge in [0.15, 0.2) is 0 Å². The lowest BCUT2D eigenvalue weighted by molar-refractivity contribution is -0.140. The van der Waals surface area contributed by atoms with Crippen molar-refractivity contribution in [2.75, 3.05) is 7.05 Å². The van der Waals surface area contributed by atoms with E-state index in [1.165, 1.54) is 26.1 Å². The van der Waals surface area contributed by atoms with Gasteiger partial charge >= 0.3 is 5.97 Å². The van der Waals surface area contributed by atoms with Crippen LogP contribution in [0.4, 0.5) is 0 Å². The summed E-state index contributed by atoms with van der Waals surface area (Å²) in [5.74, 6) is -0.635. The molecule has 1 rings (SSSR count). The largest absolute Gasteiger partial charge is 0.491 e. The molecule has 1 aromatic rings. The van der Waals surface area contributed by atoms with Gasteiger partial charge in [-0.15, -0.1) is 0 Å². The topological polar surface area (TPSA) is 83.9 Å². The highest BCUT2D eigenvalue weighted by Gasteiger charge is 2.29. The van der Waals surface area contributed by atoms with Crippen LogP contribution in [-0.2, 0) is 14.8 Å². The maximum absolute atomic E-state index is 12.2. The molecule has 0 aliphatic carbocycles. The third-order valence-electron chi connectivity index (χ3n) is 2.78. The van der Waals surface area contributed by atoms with Crippen molar-refractivity contribution in [1.29, 1.82) is 0 Å². The average Bonchev–Trinajstić information content (AvgIpc) is 2.36. The Kier molecular flexibility index (Phi) is 5.13. The molecule has 0 saturated carbocycles. The standard InChI is InChI=1S/C13H19NO5S/c1-9(2)19-11-5-7-12(8-6-11)20(17,18)14(4)10(3)13(15)16/h5-10H,1-4H3,(H,15,16). The maximum atomic E-state index is 12.2. The number of nitrogens with zero attached hydrogens (tertiary/aromatic N) is 1. The summed E-state index contributed by atoms with van der Waals surface area (Å²) in [6.07, 6.45) is -0.00726. The monoisotopic (exact) mass is 301 g/mol. The molecule has 0 fully saturated rings. The van der Waals surface area contributed by atoms with Gasteiger partial charge in [0.05, 0.1) is 11.0 Å². The van der Waals surface area contributed by atoms with Crippen molar-refractivity contribution in [3.8, 4) is 5.75 Å². The smallest absolute Gasteiger partial charge is 0.321 e. The van der Waals surface area contributed by atoms with E-state index in [0.29, 0.717) is 5.75 Å². The van der Waals surface area contributed by atoms with Crippen LogP contribution in [0.1, 0.15) is 20.8 Å². The van der Waals surface area contributed by atoms with Gasteiger partial charge in [0, 0.05) is 7.05 Å². The first-order valence-corrected chi connectivity index (χ1v) is 7.58. The van der Waals surface area contributed by atoms with E-state index >= 15 is 0 Å². The molecule has 6 nitrogen and oxygen atoms in total. The fraction of sp³-hybridized carbons (Fsp3) is 0.462. The molecule has 0 aliphatic heterocycles. The van der Waals surface area contributed by atoms with Crippen LogP contribution >= 0.6 is 0 Å². The fourth-order valence-corrected chi connectivity index (χ4v) is 2.81. The second-order valence-corrected chi connectivity index (χ2v) is 6.67. The molecule has 0 heterocycles. The van der Waals surface area contributed by atoms with Gasteiger partial charge in [0.2, 0.25) is 10.0 Å². The second kappa shape index (κ2) is 6.23. The Hall–Kier alpha value is -1.60. The summed E-state index contributed by atoms with van der Waals surface area (Å²) >= 11 is 0. The molecule has 1 aromatic carbocycles. The van der Waals surface area contributed by atoms with Crippen molar-refractivity contribution in [2.45, 2.75) is 37.8 Å². The molecule has 0 bridgehead atoms. The number of rotatable bonds is 6. The van der Waals surface area contributed by atoms with E-state index in [4.69, 9.17) is 9.84 Å². The molecular weight excluding hydrogens is 282 g/mol. The van der Waals surface area contributed by atoms with Crippen molar-refractivity contribution in [3.63, 3.8) is 0 Å². The number of benzene rings is 1. The van der Waals surface area contributed by atoms with E-state index in [2.05, 4.69) is 0 Å². The molecule has 1 N–H and O–H groups in total. The van der Waals surface area contributed by atoms with Gasteiger partial charge in [0.25, 0.3) is 0 Å². The molecule has 20 heavy (non-hydrogen) atoms. The van der Waals surface area contributed by atoms with E-state index in [1.807, 2.05) is 13.8 Å². The summed E-state index contributed by atoms with van der Waals surface area (Å²) in [5, 5.41) is 8.88. The molecule has 1 atom stereocenters. The maximum Gasteiger partial charge on any atom is 0.321 e. The highest BCUT2D eigenvalue weighted by molar-refractivity contribution is 7.89. The molecule has 7 heteroatoms. The number of hydrogen-bond acceptors (Lipinski definition) is 4. The van der Waals surface area contributed by atoms with Crippen LogP contribution < -0.4 is 4.74 Å². The number of carbonyl (C=O) groups is 1. The van der Waals surface area contributed by atoms with Crippen LogP contribution in [0.2, 0.25) is 0 Å². The highest BCUT2D eigenvalue weighted by Crippen LogP contribution is 2.20. The summed E-state index contributed by atoms with van der Waals surface area (Å²) in [6, 6.07) is 4.76. The van der Waals surface area contributed by atoms with Crippen LogP contribution in [0.3, 0.4) is 0 Å². The molecule has 0 saturated heterocycles. The predicted octanol–water partition coefficient (Wildman–Crippen LogP) is 1.57. The van der Waals surface area contributed by atoms with Crippen molar-refractivity contribution >= 4 is 16.0 Å². The van der Waals surface area contributed by atoms with E-state index in [9.17, 15) is 13.2 Å². The van der Waals surface area contributed by atoms with Gasteiger partial charge in [-0.25, -0.2) is 8.42 Å². The zero-order valence-electron chi connectivity index (χ0n) is 11.9. The normalized spacial score (nSPS) is 13.5. The minimum atomic E-state index is -3.83. The minimum absolute atomic E-state index is 0.00726. The third-order valence-corrected chi connectivity index (χ3v) is 4.72. The van der Waals surface area contributed by atoms with Gasteiger partial charge < -0.3 is 9.84 Å². The fourth-order valence-electron chi connectivity index (χ4n) is 1.49. The van der Waals surface area contributed by atoms with Crippen LogP contribution in [-0.4, -0.2) is 43.0 Å². The summed E-state index contributed by atoms with van der Waals surface area (Å²) in [7, 11) is -2.59. The molecule has 0 aliphatic rings. The van der Waals surface area contributed by atoms with E-state index in [0.717, 1.165) is 4.31 Å². The number of likely N-dealkylation sites (N-methyl/N-ethyl adjacent to an activating group) is 1. The van der Waals surface area contributed by atoms with Crippen molar-refractivity contribution in [3.05, 3.63) is 24.3 Å². The van der Waals surface area contributed by atoms with Crippen LogP contribution in [0, 0.1) is 0 Å². The number of aliphatic carboxylic acids is 1. The lowest BCUT2D eigenvalue weighted by Gasteiger charge is -2.21. The highest BCUT2D eigenvalue weighted by atomic mass is 32.2. The summed E-state index contributed by atoms with van der Waals surface area (Å²) in [5.41, 5.74) is 0. The first-order chi connectivity index (χ1) is 9.16. The van der Waals surface area contributed by atoms with Crippen LogP contribution in [0.25, 0.3) is 0 Å². The van der Waals surface area contributed by atoms with Crippen LogP contribution in [0.15, 0.2) is 29.2 Å². The van der Waals surface area contributed by atoms with Gasteiger partial charge in [-0.2, -0.15) is 4.31 Å². The first-order valence-electron chi connectivity index (χ1n) is 6.14. The van der Waals surface area contributed by atoms with Gasteiger partial charge in [-0.3, -0.25) is 4.79 Å². The quantitative estimate of drug-likeness (QED) is 0.862. The molecule has 1 unspecified atom stereocenters. The van der Waals surface area contributed by atoms with Crippen LogP contribution in [0.5, 0.6) is 5.75 Å². The molecule has 0 aromatic heterocycles. The Morgan fingerprint density at radius 2 is 1.70 bits per heavy atom. The van der Waals surface area contributed by atoms with Gasteiger partial charge in [-0.1, -0.05) is 0 Å². The van der Waals surface area contributed by atoms with Crippen molar-refractivity contribution < 1.29 is 23.1 Å². The number of sulfonamides is 1. The molecule has 0 spiro atoms. The number of hydrogen-bond donors (Lipinski definition) is 1. The summed E-state index contributed by atoms with van der Waals surface area (Å²) in [6.45, 7) is 5.05. The Labute approximate surface area is 119 Å². The SMILES string of the molecule is CC(C)Oc1ccc(S(=O)(=O)N(C)C(C)C(=O)O)cc1. The lowest BCUT2D eigenvalue weighted by Crippen LogP contribution is -2.40. The first kappa shape index (κ1) is 16.5. The molecule has 0 radical (unpaired) electrons. The van der Waals surface area contributed by atoms with E-state index in [1.54, 1.807) is 12.1 Å². The Morgan fingerprint density at radius 1 is 1.20 bits per heavy atom. The van der Waals surface area contributed by atoms with Crippen molar-refractivity contribution in [1.82, 2.24) is 4.31 Å². The summed E-state index contributed by atoms with van der Waals surface area (Å²) < 4.78 is 30.7. The number of ether oxygens (including phenoxy) is 1. The van der Waals surface area contributed by atoms with Gasteiger partial charge in [0.1, 0.15) is 11.8 Å². The number of carboxylic acid groups (broad SMARTS) is 1. The van der Waals surface area contributed by atoms with E-state index in [-0.39, 0.29) is 11.0 Å². The summed E-state index contributed by atoms with van der Waals surface area (Å²) in [4.78, 5) is 10.9. The Bertz CT molecular complexity index is 565. The number of carboxylic acids is 1. The lowest BCUT2D eigenvalue weighted by atomic mass is 10.3. The molecule has 112 valence electrons. The minimum Gasteiger partial charge on any atom is -0.491 e. The third kappa shape index (κ3) is 3.71. The van der Waals surface area contributed by atoms with Crippen molar-refractivity contribution in [2.24, 2.45) is 0 Å². The van der Waals surface area contributed by atoms with Gasteiger partial charge in [-0.05, 0) is 45.0 Å². The zero-order chi connectivity index (χ0) is 15.5. The Morgan fingerprint density at radius 3 is 2.10 bits per heavy atom. The molecular formula is C13H19NO5S. The average molecular weight is 301 g/mol. The second-order valence-electron chi connectivity index (χ2n) is 4.67. The van der Waals surface area contributed by atoms with E-state index < -0.39 is 22.0 Å². The predicted molar refractivity (Wildman–Crippen MR) is 74.3 cm³/mol. The Balaban J connectivity index is 3.01. The zero-order valence-corrected chi connectivity index (χ0v) is 12.7. The molecule has 0 amide bonds.